The minimum absolute atomic E-state index is 0.0153. The van der Waals surface area contributed by atoms with Gasteiger partial charge in [0, 0.05) is 32.7 Å². The van der Waals surface area contributed by atoms with Crippen LogP contribution in [-0.2, 0) is 9.59 Å². The van der Waals surface area contributed by atoms with Gasteiger partial charge in [-0.1, -0.05) is 6.92 Å². The Morgan fingerprint density at radius 1 is 1.53 bits per heavy atom. The second kappa shape index (κ2) is 8.12. The van der Waals surface area contributed by atoms with Crippen molar-refractivity contribution in [2.24, 2.45) is 0 Å². The van der Waals surface area contributed by atoms with E-state index >= 15 is 0 Å². The number of amides is 2. The standard InChI is InChI=1S/C13H25N3O3/c1-3-6-16-7-5-14-11(13(16)19)10-12(18)15(4-2)8-9-17/h11,14,17H,3-10H2,1-2H3. The first-order valence-corrected chi connectivity index (χ1v) is 7.04. The van der Waals surface area contributed by atoms with E-state index in [1.54, 1.807) is 4.90 Å². The molecule has 0 saturated carbocycles. The molecule has 1 unspecified atom stereocenters. The van der Waals surface area contributed by atoms with Crippen LogP contribution in [0.1, 0.15) is 26.7 Å². The third-order valence-electron chi connectivity index (χ3n) is 3.36. The lowest BCUT2D eigenvalue weighted by Gasteiger charge is -2.33. The lowest BCUT2D eigenvalue weighted by molar-refractivity contribution is -0.141. The lowest BCUT2D eigenvalue weighted by atomic mass is 10.1. The van der Waals surface area contributed by atoms with E-state index in [0.717, 1.165) is 19.5 Å². The molecular weight excluding hydrogens is 246 g/mol. The molecule has 19 heavy (non-hydrogen) atoms. The average molecular weight is 271 g/mol. The molecule has 1 saturated heterocycles. The first kappa shape index (κ1) is 15.9. The van der Waals surface area contributed by atoms with Gasteiger partial charge in [0.25, 0.3) is 0 Å². The molecule has 0 aromatic carbocycles. The molecule has 1 heterocycles. The van der Waals surface area contributed by atoms with Gasteiger partial charge in [0.2, 0.25) is 11.8 Å². The first-order chi connectivity index (χ1) is 9.13. The molecule has 0 spiro atoms. The van der Waals surface area contributed by atoms with Gasteiger partial charge in [-0.3, -0.25) is 9.59 Å². The third-order valence-corrected chi connectivity index (χ3v) is 3.36. The summed E-state index contributed by atoms with van der Waals surface area (Å²) < 4.78 is 0. The van der Waals surface area contributed by atoms with E-state index in [9.17, 15) is 9.59 Å². The number of carbonyl (C=O) groups excluding carboxylic acids is 2. The van der Waals surface area contributed by atoms with Crippen LogP contribution in [0.15, 0.2) is 0 Å². The fraction of sp³-hybridized carbons (Fsp3) is 0.846. The summed E-state index contributed by atoms with van der Waals surface area (Å²) in [5, 5.41) is 12.0. The summed E-state index contributed by atoms with van der Waals surface area (Å²) in [7, 11) is 0. The maximum Gasteiger partial charge on any atom is 0.240 e. The van der Waals surface area contributed by atoms with E-state index in [0.29, 0.717) is 19.6 Å². The monoisotopic (exact) mass is 271 g/mol. The number of nitrogens with zero attached hydrogens (tertiary/aromatic N) is 2. The normalized spacial score (nSPS) is 19.6. The molecule has 0 aromatic rings. The Kier molecular flexibility index (Phi) is 6.80. The SMILES string of the molecule is CCCN1CCNC(CC(=O)N(CC)CCO)C1=O. The summed E-state index contributed by atoms with van der Waals surface area (Å²) >= 11 is 0. The molecule has 6 nitrogen and oxygen atoms in total. The number of carbonyl (C=O) groups is 2. The number of nitrogens with one attached hydrogen (secondary N) is 1. The van der Waals surface area contributed by atoms with Crippen molar-refractivity contribution in [1.82, 2.24) is 15.1 Å². The molecule has 1 aliphatic heterocycles. The van der Waals surface area contributed by atoms with Crippen LogP contribution >= 0.6 is 0 Å². The maximum absolute atomic E-state index is 12.2. The zero-order chi connectivity index (χ0) is 14.3. The van der Waals surface area contributed by atoms with Gasteiger partial charge in [-0.2, -0.15) is 0 Å². The third kappa shape index (κ3) is 4.47. The number of aliphatic hydroxyl groups excluding tert-OH is 1. The van der Waals surface area contributed by atoms with Crippen molar-refractivity contribution in [3.8, 4) is 0 Å². The second-order valence-corrected chi connectivity index (χ2v) is 4.73. The molecule has 0 radical (unpaired) electrons. The molecule has 6 heteroatoms. The van der Waals surface area contributed by atoms with Gasteiger partial charge in [0.1, 0.15) is 0 Å². The molecule has 1 atom stereocenters. The molecule has 1 aliphatic rings. The largest absolute Gasteiger partial charge is 0.395 e. The van der Waals surface area contributed by atoms with Crippen molar-refractivity contribution in [2.75, 3.05) is 39.3 Å². The van der Waals surface area contributed by atoms with Crippen molar-refractivity contribution >= 4 is 11.8 Å². The van der Waals surface area contributed by atoms with Gasteiger partial charge in [0.05, 0.1) is 19.1 Å². The van der Waals surface area contributed by atoms with Gasteiger partial charge in [-0.25, -0.2) is 0 Å². The van der Waals surface area contributed by atoms with Gasteiger partial charge >= 0.3 is 0 Å². The van der Waals surface area contributed by atoms with E-state index in [-0.39, 0.29) is 24.8 Å². The Labute approximate surface area is 114 Å². The number of aliphatic hydroxyl groups is 1. The number of piperazine rings is 1. The topological polar surface area (TPSA) is 72.9 Å². The van der Waals surface area contributed by atoms with Crippen LogP contribution in [0.2, 0.25) is 0 Å². The highest BCUT2D eigenvalue weighted by atomic mass is 16.3. The number of hydrogen-bond acceptors (Lipinski definition) is 4. The summed E-state index contributed by atoms with van der Waals surface area (Å²) in [6.07, 6.45) is 1.10. The quantitative estimate of drug-likeness (QED) is 0.650. The highest BCUT2D eigenvalue weighted by Gasteiger charge is 2.30. The van der Waals surface area contributed by atoms with Crippen LogP contribution in [-0.4, -0.2) is 72.1 Å². The Balaban J connectivity index is 2.55. The van der Waals surface area contributed by atoms with Gasteiger partial charge < -0.3 is 20.2 Å². The summed E-state index contributed by atoms with van der Waals surface area (Å²) in [5.41, 5.74) is 0. The molecule has 2 amide bonds. The van der Waals surface area contributed by atoms with E-state index in [1.807, 2.05) is 18.7 Å². The fourth-order valence-corrected chi connectivity index (χ4v) is 2.33. The van der Waals surface area contributed by atoms with Crippen LogP contribution in [0.3, 0.4) is 0 Å². The van der Waals surface area contributed by atoms with Crippen molar-refractivity contribution in [1.29, 1.82) is 0 Å². The van der Waals surface area contributed by atoms with Crippen LogP contribution < -0.4 is 5.32 Å². The van der Waals surface area contributed by atoms with Crippen molar-refractivity contribution < 1.29 is 14.7 Å². The average Bonchev–Trinajstić information content (AvgIpc) is 2.40. The van der Waals surface area contributed by atoms with E-state index in [4.69, 9.17) is 5.11 Å². The van der Waals surface area contributed by atoms with E-state index < -0.39 is 6.04 Å². The van der Waals surface area contributed by atoms with Crippen LogP contribution in [0.4, 0.5) is 0 Å². The number of hydrogen-bond donors (Lipinski definition) is 2. The molecule has 0 bridgehead atoms. The highest BCUT2D eigenvalue weighted by Crippen LogP contribution is 2.08. The minimum Gasteiger partial charge on any atom is -0.395 e. The van der Waals surface area contributed by atoms with Crippen LogP contribution in [0.25, 0.3) is 0 Å². The summed E-state index contributed by atoms with van der Waals surface area (Å²) in [5.74, 6) is -0.0674. The van der Waals surface area contributed by atoms with E-state index in [1.165, 1.54) is 0 Å². The Morgan fingerprint density at radius 3 is 2.84 bits per heavy atom. The summed E-state index contributed by atoms with van der Waals surface area (Å²) in [4.78, 5) is 27.6. The predicted molar refractivity (Wildman–Crippen MR) is 72.6 cm³/mol. The van der Waals surface area contributed by atoms with Gasteiger partial charge in [0.15, 0.2) is 0 Å². The minimum atomic E-state index is -0.416. The second-order valence-electron chi connectivity index (χ2n) is 4.73. The van der Waals surface area contributed by atoms with E-state index in [2.05, 4.69) is 5.32 Å². The fourth-order valence-electron chi connectivity index (χ4n) is 2.33. The van der Waals surface area contributed by atoms with Crippen molar-refractivity contribution in [3.05, 3.63) is 0 Å². The highest BCUT2D eigenvalue weighted by molar-refractivity contribution is 5.88. The summed E-state index contributed by atoms with van der Waals surface area (Å²) in [6, 6.07) is -0.416. The first-order valence-electron chi connectivity index (χ1n) is 7.04. The smallest absolute Gasteiger partial charge is 0.240 e. The Hall–Kier alpha value is -1.14. The van der Waals surface area contributed by atoms with Crippen LogP contribution in [0, 0.1) is 0 Å². The van der Waals surface area contributed by atoms with Crippen molar-refractivity contribution in [3.63, 3.8) is 0 Å². The molecule has 110 valence electrons. The maximum atomic E-state index is 12.2. The summed E-state index contributed by atoms with van der Waals surface area (Å²) in [6.45, 7) is 6.94. The van der Waals surface area contributed by atoms with Crippen molar-refractivity contribution in [2.45, 2.75) is 32.7 Å². The Morgan fingerprint density at radius 2 is 2.26 bits per heavy atom. The molecule has 0 aromatic heterocycles. The molecule has 1 fully saturated rings. The van der Waals surface area contributed by atoms with Gasteiger partial charge in [-0.15, -0.1) is 0 Å². The lowest BCUT2D eigenvalue weighted by Crippen LogP contribution is -2.56. The predicted octanol–water partition coefficient (Wildman–Crippen LogP) is -0.572. The van der Waals surface area contributed by atoms with Crippen LogP contribution in [0.5, 0.6) is 0 Å². The van der Waals surface area contributed by atoms with Gasteiger partial charge in [-0.05, 0) is 13.3 Å². The zero-order valence-electron chi connectivity index (χ0n) is 11.9. The molecular formula is C13H25N3O3. The number of likely N-dealkylation sites (N-methyl/N-ethyl adjacent to an activating group) is 1. The zero-order valence-corrected chi connectivity index (χ0v) is 11.9. The molecule has 0 aliphatic carbocycles. The Bertz CT molecular complexity index is 308. The number of rotatable bonds is 7. The molecule has 2 N–H and O–H groups in total. The molecule has 1 rings (SSSR count).